The SMILES string of the molecule is CCOC(=O)CCCCCCCCCCCCCCCCCCCOc1cccc2cc3ccccc3cc12. The third kappa shape index (κ3) is 12.4. The van der Waals surface area contributed by atoms with Gasteiger partial charge in [0.15, 0.2) is 0 Å². The van der Waals surface area contributed by atoms with Gasteiger partial charge in [-0.2, -0.15) is 0 Å². The molecule has 0 spiro atoms. The molecule has 0 bridgehead atoms. The average molecular weight is 533 g/mol. The van der Waals surface area contributed by atoms with Gasteiger partial charge in [-0.25, -0.2) is 0 Å². The molecule has 0 aromatic heterocycles. The minimum absolute atomic E-state index is 0.0368. The minimum atomic E-state index is -0.0368. The van der Waals surface area contributed by atoms with Crippen molar-refractivity contribution in [1.82, 2.24) is 0 Å². The van der Waals surface area contributed by atoms with Crippen LogP contribution in [-0.4, -0.2) is 19.2 Å². The van der Waals surface area contributed by atoms with Gasteiger partial charge < -0.3 is 9.47 Å². The van der Waals surface area contributed by atoms with Crippen LogP contribution in [0.2, 0.25) is 0 Å². The summed E-state index contributed by atoms with van der Waals surface area (Å²) in [4.78, 5) is 11.3. The molecule has 3 aromatic carbocycles. The van der Waals surface area contributed by atoms with Crippen LogP contribution in [0.5, 0.6) is 5.75 Å². The summed E-state index contributed by atoms with van der Waals surface area (Å²) in [7, 11) is 0. The number of unbranched alkanes of at least 4 members (excludes halogenated alkanes) is 16. The second-order valence-electron chi connectivity index (χ2n) is 11.1. The first-order valence-electron chi connectivity index (χ1n) is 16.0. The third-order valence-corrected chi connectivity index (χ3v) is 7.79. The first-order valence-corrected chi connectivity index (χ1v) is 16.0. The minimum Gasteiger partial charge on any atom is -0.493 e. The fourth-order valence-electron chi connectivity index (χ4n) is 5.50. The number of fused-ring (bicyclic) bond motifs is 2. The van der Waals surface area contributed by atoms with Gasteiger partial charge in [-0.15, -0.1) is 0 Å². The summed E-state index contributed by atoms with van der Waals surface area (Å²) in [5, 5.41) is 5.02. The summed E-state index contributed by atoms with van der Waals surface area (Å²) in [6.45, 7) is 3.18. The highest BCUT2D eigenvalue weighted by Gasteiger charge is 2.04. The van der Waals surface area contributed by atoms with Crippen molar-refractivity contribution in [2.45, 2.75) is 122 Å². The number of carbonyl (C=O) groups is 1. The Balaban J connectivity index is 1.08. The Hall–Kier alpha value is -2.55. The van der Waals surface area contributed by atoms with Crippen molar-refractivity contribution in [3.63, 3.8) is 0 Å². The number of hydrogen-bond acceptors (Lipinski definition) is 3. The van der Waals surface area contributed by atoms with Crippen LogP contribution in [0, 0.1) is 0 Å². The summed E-state index contributed by atoms with van der Waals surface area (Å²) in [5.74, 6) is 0.978. The summed E-state index contributed by atoms with van der Waals surface area (Å²) < 4.78 is 11.2. The molecule has 0 N–H and O–H groups in total. The largest absolute Gasteiger partial charge is 0.493 e. The van der Waals surface area contributed by atoms with E-state index < -0.39 is 0 Å². The number of hydrogen-bond donors (Lipinski definition) is 0. The van der Waals surface area contributed by atoms with Crippen LogP contribution < -0.4 is 4.74 Å². The van der Waals surface area contributed by atoms with Crippen molar-refractivity contribution in [3.8, 4) is 5.75 Å². The van der Waals surface area contributed by atoms with Crippen molar-refractivity contribution in [2.24, 2.45) is 0 Å². The molecule has 3 aromatic rings. The molecular weight excluding hydrogens is 480 g/mol. The van der Waals surface area contributed by atoms with Crippen LogP contribution in [0.4, 0.5) is 0 Å². The van der Waals surface area contributed by atoms with Crippen LogP contribution in [0.25, 0.3) is 21.5 Å². The monoisotopic (exact) mass is 532 g/mol. The van der Waals surface area contributed by atoms with E-state index in [-0.39, 0.29) is 5.97 Å². The molecule has 0 heterocycles. The second-order valence-corrected chi connectivity index (χ2v) is 11.1. The number of carbonyl (C=O) groups excluding carboxylic acids is 1. The lowest BCUT2D eigenvalue weighted by Crippen LogP contribution is -2.03. The molecule has 0 atom stereocenters. The van der Waals surface area contributed by atoms with Gasteiger partial charge in [0.1, 0.15) is 5.75 Å². The fraction of sp³-hybridized carbons (Fsp3) is 0.583. The van der Waals surface area contributed by atoms with Gasteiger partial charge in [0.2, 0.25) is 0 Å². The highest BCUT2D eigenvalue weighted by molar-refractivity contribution is 6.00. The van der Waals surface area contributed by atoms with Gasteiger partial charge in [-0.3, -0.25) is 4.79 Å². The molecule has 0 fully saturated rings. The molecular formula is C36H52O3. The van der Waals surface area contributed by atoms with E-state index in [2.05, 4.69) is 54.6 Å². The summed E-state index contributed by atoms with van der Waals surface area (Å²) in [5.41, 5.74) is 0. The fourth-order valence-corrected chi connectivity index (χ4v) is 5.50. The van der Waals surface area contributed by atoms with E-state index in [0.29, 0.717) is 13.0 Å². The van der Waals surface area contributed by atoms with Gasteiger partial charge >= 0.3 is 5.97 Å². The smallest absolute Gasteiger partial charge is 0.305 e. The molecule has 0 saturated carbocycles. The predicted octanol–water partition coefficient (Wildman–Crippen LogP) is 11.0. The van der Waals surface area contributed by atoms with Crippen molar-refractivity contribution in [3.05, 3.63) is 54.6 Å². The second kappa shape index (κ2) is 19.5. The molecule has 3 heteroatoms. The van der Waals surface area contributed by atoms with E-state index >= 15 is 0 Å². The zero-order valence-corrected chi connectivity index (χ0v) is 24.6. The Bertz CT molecular complexity index is 1070. The molecule has 3 nitrogen and oxygen atoms in total. The number of benzene rings is 3. The van der Waals surface area contributed by atoms with Gasteiger partial charge in [0.05, 0.1) is 13.2 Å². The van der Waals surface area contributed by atoms with Gasteiger partial charge in [0.25, 0.3) is 0 Å². The zero-order valence-electron chi connectivity index (χ0n) is 24.6. The van der Waals surface area contributed by atoms with Gasteiger partial charge in [-0.05, 0) is 54.1 Å². The number of ether oxygens (including phenoxy) is 2. The quantitative estimate of drug-likeness (QED) is 0.0733. The van der Waals surface area contributed by atoms with Crippen molar-refractivity contribution < 1.29 is 14.3 Å². The molecule has 3 rings (SSSR count). The van der Waals surface area contributed by atoms with E-state index in [1.165, 1.54) is 111 Å². The van der Waals surface area contributed by atoms with E-state index in [0.717, 1.165) is 31.6 Å². The Kier molecular flexibility index (Phi) is 15.5. The van der Waals surface area contributed by atoms with E-state index in [1.54, 1.807) is 0 Å². The molecule has 214 valence electrons. The maximum atomic E-state index is 11.3. The molecule has 0 aliphatic heterocycles. The third-order valence-electron chi connectivity index (χ3n) is 7.79. The van der Waals surface area contributed by atoms with Crippen LogP contribution in [-0.2, 0) is 9.53 Å². The van der Waals surface area contributed by atoms with Crippen molar-refractivity contribution in [2.75, 3.05) is 13.2 Å². The van der Waals surface area contributed by atoms with Crippen LogP contribution in [0.1, 0.15) is 122 Å². The highest BCUT2D eigenvalue weighted by atomic mass is 16.5. The standard InChI is InChI=1S/C36H52O3/c1-2-38-36(37)27-18-16-14-12-10-8-6-4-3-5-7-9-11-13-15-17-21-28-39-35-26-22-25-33-29-31-23-19-20-24-32(31)30-34(33)35/h19-20,22-26,29-30H,2-18,21,27-28H2,1H3. The number of rotatable bonds is 22. The predicted molar refractivity (Wildman–Crippen MR) is 167 cm³/mol. The van der Waals surface area contributed by atoms with Crippen LogP contribution in [0.3, 0.4) is 0 Å². The van der Waals surface area contributed by atoms with E-state index in [9.17, 15) is 4.79 Å². The Morgan fingerprint density at radius 3 is 1.62 bits per heavy atom. The van der Waals surface area contributed by atoms with E-state index in [4.69, 9.17) is 9.47 Å². The highest BCUT2D eigenvalue weighted by Crippen LogP contribution is 2.30. The summed E-state index contributed by atoms with van der Waals surface area (Å²) >= 11 is 0. The zero-order chi connectivity index (χ0) is 27.4. The molecule has 0 aliphatic rings. The maximum absolute atomic E-state index is 11.3. The molecule has 0 radical (unpaired) electrons. The Morgan fingerprint density at radius 2 is 1.05 bits per heavy atom. The molecule has 39 heavy (non-hydrogen) atoms. The lowest BCUT2D eigenvalue weighted by atomic mass is 10.0. The normalized spacial score (nSPS) is 11.3. The summed E-state index contributed by atoms with van der Waals surface area (Å²) in [6, 6.07) is 19.5. The number of esters is 1. The topological polar surface area (TPSA) is 35.5 Å². The molecule has 0 amide bonds. The van der Waals surface area contributed by atoms with Crippen molar-refractivity contribution in [1.29, 1.82) is 0 Å². The molecule has 0 aliphatic carbocycles. The Labute approximate surface area is 237 Å². The molecule has 0 unspecified atom stereocenters. The maximum Gasteiger partial charge on any atom is 0.305 e. The lowest BCUT2D eigenvalue weighted by molar-refractivity contribution is -0.143. The summed E-state index contributed by atoms with van der Waals surface area (Å²) in [6.07, 6.45) is 22.9. The van der Waals surface area contributed by atoms with E-state index in [1.807, 2.05) is 6.92 Å². The first kappa shape index (κ1) is 31.0. The van der Waals surface area contributed by atoms with Crippen LogP contribution in [0.15, 0.2) is 54.6 Å². The average Bonchev–Trinajstić information content (AvgIpc) is 2.95. The van der Waals surface area contributed by atoms with Crippen LogP contribution >= 0.6 is 0 Å². The van der Waals surface area contributed by atoms with Gasteiger partial charge in [-0.1, -0.05) is 133 Å². The van der Waals surface area contributed by atoms with Gasteiger partial charge in [0, 0.05) is 11.8 Å². The van der Waals surface area contributed by atoms with Crippen molar-refractivity contribution >= 4 is 27.5 Å². The lowest BCUT2D eigenvalue weighted by Gasteiger charge is -2.10. The first-order chi connectivity index (χ1) is 19.3. The molecule has 0 saturated heterocycles. The Morgan fingerprint density at radius 1 is 0.564 bits per heavy atom.